The smallest absolute Gasteiger partial charge is 0.305 e. The van der Waals surface area contributed by atoms with Crippen molar-refractivity contribution in [2.75, 3.05) is 14.2 Å². The lowest BCUT2D eigenvalue weighted by Gasteiger charge is -2.20. The van der Waals surface area contributed by atoms with Gasteiger partial charge in [-0.15, -0.1) is 0 Å². The third kappa shape index (κ3) is 5.60. The molecule has 150 valence electrons. The molecule has 1 amide bonds. The zero-order valence-corrected chi connectivity index (χ0v) is 16.3. The first kappa shape index (κ1) is 21.0. The van der Waals surface area contributed by atoms with Crippen LogP contribution in [-0.2, 0) is 4.79 Å². The number of ether oxygens (including phenoxy) is 3. The highest BCUT2D eigenvalue weighted by Gasteiger charge is 2.23. The molecule has 0 fully saturated rings. The predicted octanol–water partition coefficient (Wildman–Crippen LogP) is 2.83. The van der Waals surface area contributed by atoms with Gasteiger partial charge in [-0.3, -0.25) is 9.59 Å². The Hall–Kier alpha value is -3.29. The maximum Gasteiger partial charge on any atom is 0.305 e. The van der Waals surface area contributed by atoms with E-state index in [9.17, 15) is 14.7 Å². The first-order chi connectivity index (χ1) is 13.3. The molecule has 1 aromatic carbocycles. The Kier molecular flexibility index (Phi) is 7.20. The summed E-state index contributed by atoms with van der Waals surface area (Å²) in [6, 6.07) is 8.99. The van der Waals surface area contributed by atoms with E-state index in [0.29, 0.717) is 22.9 Å². The molecule has 1 atom stereocenters. The van der Waals surface area contributed by atoms with Gasteiger partial charge in [0, 0.05) is 17.7 Å². The van der Waals surface area contributed by atoms with Crippen molar-refractivity contribution in [3.63, 3.8) is 0 Å². The fourth-order valence-corrected chi connectivity index (χ4v) is 2.60. The summed E-state index contributed by atoms with van der Waals surface area (Å²) >= 11 is 0. The molecule has 0 aliphatic carbocycles. The van der Waals surface area contributed by atoms with Crippen LogP contribution in [0.3, 0.4) is 0 Å². The van der Waals surface area contributed by atoms with Crippen LogP contribution in [0.2, 0.25) is 0 Å². The highest BCUT2D eigenvalue weighted by Crippen LogP contribution is 2.31. The highest BCUT2D eigenvalue weighted by molar-refractivity contribution is 5.93. The van der Waals surface area contributed by atoms with Crippen LogP contribution in [0, 0.1) is 0 Å². The van der Waals surface area contributed by atoms with Crippen molar-refractivity contribution in [3.05, 3.63) is 47.7 Å². The highest BCUT2D eigenvalue weighted by atomic mass is 16.5. The lowest BCUT2D eigenvalue weighted by molar-refractivity contribution is -0.137. The quantitative estimate of drug-likeness (QED) is 0.680. The number of methoxy groups -OCH3 is 2. The molecule has 8 heteroatoms. The van der Waals surface area contributed by atoms with E-state index < -0.39 is 17.9 Å². The summed E-state index contributed by atoms with van der Waals surface area (Å²) in [6.07, 6.45) is -0.412. The van der Waals surface area contributed by atoms with Gasteiger partial charge in [0.05, 0.1) is 32.8 Å². The third-order valence-electron chi connectivity index (χ3n) is 3.81. The third-order valence-corrected chi connectivity index (χ3v) is 3.81. The first-order valence-corrected chi connectivity index (χ1v) is 8.72. The van der Waals surface area contributed by atoms with Crippen molar-refractivity contribution < 1.29 is 28.9 Å². The van der Waals surface area contributed by atoms with Crippen molar-refractivity contribution in [2.24, 2.45) is 0 Å². The topological polar surface area (TPSA) is 107 Å². The molecule has 1 heterocycles. The molecule has 2 rings (SSSR count). The molecule has 0 aliphatic heterocycles. The molecular formula is C20H24N2O6. The Balaban J connectivity index is 2.30. The molecule has 2 N–H and O–H groups in total. The molecule has 0 radical (unpaired) electrons. The average Bonchev–Trinajstić information content (AvgIpc) is 2.66. The molecule has 0 aliphatic rings. The van der Waals surface area contributed by atoms with Gasteiger partial charge in [-0.1, -0.05) is 6.07 Å². The standard InChI is InChI=1S/C20H24N2O6/c1-12(2)28-18-7-5-6-15(21-18)20(25)22-16(11-19(23)24)14-9-8-13(26-3)10-17(14)27-4/h5-10,12,16H,11H2,1-4H3,(H,22,25)(H,23,24). The number of amides is 1. The summed E-state index contributed by atoms with van der Waals surface area (Å²) in [4.78, 5) is 28.2. The molecule has 1 unspecified atom stereocenters. The predicted molar refractivity (Wildman–Crippen MR) is 102 cm³/mol. The van der Waals surface area contributed by atoms with Crippen molar-refractivity contribution in [3.8, 4) is 17.4 Å². The Bertz CT molecular complexity index is 837. The van der Waals surface area contributed by atoms with Crippen molar-refractivity contribution in [1.29, 1.82) is 0 Å². The number of benzene rings is 1. The van der Waals surface area contributed by atoms with E-state index in [1.807, 2.05) is 13.8 Å². The first-order valence-electron chi connectivity index (χ1n) is 8.72. The van der Waals surface area contributed by atoms with Gasteiger partial charge in [0.25, 0.3) is 5.91 Å². The van der Waals surface area contributed by atoms with E-state index in [0.717, 1.165) is 0 Å². The maximum atomic E-state index is 12.7. The number of carboxylic acids is 1. The molecule has 2 aromatic rings. The minimum Gasteiger partial charge on any atom is -0.497 e. The van der Waals surface area contributed by atoms with Gasteiger partial charge in [0.1, 0.15) is 17.2 Å². The number of aliphatic carboxylic acids is 1. The van der Waals surface area contributed by atoms with Crippen LogP contribution in [-0.4, -0.2) is 42.3 Å². The Morgan fingerprint density at radius 3 is 2.50 bits per heavy atom. The van der Waals surface area contributed by atoms with Gasteiger partial charge >= 0.3 is 5.97 Å². The molecule has 0 saturated heterocycles. The van der Waals surface area contributed by atoms with Crippen molar-refractivity contribution in [1.82, 2.24) is 10.3 Å². The minimum absolute atomic E-state index is 0.0888. The second kappa shape index (κ2) is 9.59. The maximum absolute atomic E-state index is 12.7. The van der Waals surface area contributed by atoms with Crippen LogP contribution >= 0.6 is 0 Å². The summed E-state index contributed by atoms with van der Waals surface area (Å²) in [5.74, 6) is -0.289. The number of carboxylic acid groups (broad SMARTS) is 1. The van der Waals surface area contributed by atoms with Gasteiger partial charge < -0.3 is 24.6 Å². The van der Waals surface area contributed by atoms with E-state index in [1.165, 1.54) is 20.3 Å². The van der Waals surface area contributed by atoms with E-state index in [2.05, 4.69) is 10.3 Å². The van der Waals surface area contributed by atoms with Crippen molar-refractivity contribution >= 4 is 11.9 Å². The molecule has 0 spiro atoms. The van der Waals surface area contributed by atoms with E-state index >= 15 is 0 Å². The van der Waals surface area contributed by atoms with Crippen LogP contribution in [0.15, 0.2) is 36.4 Å². The molecule has 1 aromatic heterocycles. The lowest BCUT2D eigenvalue weighted by Crippen LogP contribution is -2.31. The minimum atomic E-state index is -1.06. The zero-order valence-electron chi connectivity index (χ0n) is 16.3. The summed E-state index contributed by atoms with van der Waals surface area (Å²) in [6.45, 7) is 3.71. The van der Waals surface area contributed by atoms with Crippen LogP contribution in [0.4, 0.5) is 0 Å². The largest absolute Gasteiger partial charge is 0.497 e. The number of nitrogens with one attached hydrogen (secondary N) is 1. The van der Waals surface area contributed by atoms with Gasteiger partial charge in [0.15, 0.2) is 0 Å². The summed E-state index contributed by atoms with van der Waals surface area (Å²) < 4.78 is 16.0. The molecule has 0 saturated carbocycles. The lowest BCUT2D eigenvalue weighted by atomic mass is 10.0. The Morgan fingerprint density at radius 1 is 1.14 bits per heavy atom. The Labute approximate surface area is 163 Å². The van der Waals surface area contributed by atoms with Crippen molar-refractivity contribution in [2.45, 2.75) is 32.4 Å². The molecule has 8 nitrogen and oxygen atoms in total. The Morgan fingerprint density at radius 2 is 1.89 bits per heavy atom. The van der Waals surface area contributed by atoms with Gasteiger partial charge in [0.2, 0.25) is 5.88 Å². The van der Waals surface area contributed by atoms with Gasteiger partial charge in [-0.2, -0.15) is 0 Å². The fraction of sp³-hybridized carbons (Fsp3) is 0.350. The number of pyridine rings is 1. The number of hydrogen-bond acceptors (Lipinski definition) is 6. The summed E-state index contributed by atoms with van der Waals surface area (Å²) in [5.41, 5.74) is 0.648. The average molecular weight is 388 g/mol. The SMILES string of the molecule is COc1ccc(C(CC(=O)O)NC(=O)c2cccc(OC(C)C)n2)c(OC)c1. The number of rotatable bonds is 9. The second-order valence-electron chi connectivity index (χ2n) is 6.26. The van der Waals surface area contributed by atoms with E-state index in [4.69, 9.17) is 14.2 Å². The second-order valence-corrected chi connectivity index (χ2v) is 6.26. The normalized spacial score (nSPS) is 11.6. The zero-order chi connectivity index (χ0) is 20.7. The monoisotopic (exact) mass is 388 g/mol. The van der Waals surface area contributed by atoms with E-state index in [-0.39, 0.29) is 18.2 Å². The van der Waals surface area contributed by atoms with Gasteiger partial charge in [-0.25, -0.2) is 4.98 Å². The number of carbonyl (C=O) groups excluding carboxylic acids is 1. The summed E-state index contributed by atoms with van der Waals surface area (Å²) in [5, 5.41) is 12.0. The van der Waals surface area contributed by atoms with Crippen LogP contribution < -0.4 is 19.5 Å². The number of hydrogen-bond donors (Lipinski definition) is 2. The number of nitrogens with zero attached hydrogens (tertiary/aromatic N) is 1. The number of aromatic nitrogens is 1. The number of carbonyl (C=O) groups is 2. The summed E-state index contributed by atoms with van der Waals surface area (Å²) in [7, 11) is 2.98. The molecular weight excluding hydrogens is 364 g/mol. The molecule has 0 bridgehead atoms. The fourth-order valence-electron chi connectivity index (χ4n) is 2.60. The van der Waals surface area contributed by atoms with E-state index in [1.54, 1.807) is 30.3 Å². The van der Waals surface area contributed by atoms with Gasteiger partial charge in [-0.05, 0) is 32.0 Å². The van der Waals surface area contributed by atoms with Crippen LogP contribution in [0.5, 0.6) is 17.4 Å². The van der Waals surface area contributed by atoms with Crippen LogP contribution in [0.25, 0.3) is 0 Å². The van der Waals surface area contributed by atoms with Crippen LogP contribution in [0.1, 0.15) is 42.4 Å². The molecule has 28 heavy (non-hydrogen) atoms.